The molecule has 0 aromatic carbocycles. The van der Waals surface area contributed by atoms with E-state index in [2.05, 4.69) is 0 Å². The van der Waals surface area contributed by atoms with Gasteiger partial charge in [-0.2, -0.15) is 0 Å². The predicted molar refractivity (Wildman–Crippen MR) is 72.9 cm³/mol. The lowest BCUT2D eigenvalue weighted by atomic mass is 10.0. The van der Waals surface area contributed by atoms with Gasteiger partial charge in [-0.1, -0.05) is 0 Å². The maximum Gasteiger partial charge on any atom is 0.341 e. The Kier molecular flexibility index (Phi) is 3.92. The van der Waals surface area contributed by atoms with Crippen molar-refractivity contribution in [2.45, 2.75) is 32.7 Å². The van der Waals surface area contributed by atoms with Crippen molar-refractivity contribution < 1.29 is 14.7 Å². The van der Waals surface area contributed by atoms with E-state index in [0.29, 0.717) is 31.5 Å². The Morgan fingerprint density at radius 1 is 1.30 bits per heavy atom. The van der Waals surface area contributed by atoms with Gasteiger partial charge in [0.2, 0.25) is 5.91 Å². The second-order valence-electron chi connectivity index (χ2n) is 5.13. The minimum Gasteiger partial charge on any atom is -0.477 e. The third-order valence-electron chi connectivity index (χ3n) is 3.84. The molecule has 1 N–H and O–H groups in total. The summed E-state index contributed by atoms with van der Waals surface area (Å²) in [6.45, 7) is 4.35. The highest BCUT2D eigenvalue weighted by Crippen LogP contribution is 2.21. The maximum atomic E-state index is 12.2. The Morgan fingerprint density at radius 3 is 2.40 bits per heavy atom. The fourth-order valence-electron chi connectivity index (χ4n) is 2.65. The van der Waals surface area contributed by atoms with Crippen LogP contribution in [0.15, 0.2) is 17.1 Å². The van der Waals surface area contributed by atoms with Gasteiger partial charge >= 0.3 is 5.97 Å². The molecule has 2 rings (SSSR count). The number of hydrogen-bond donors (Lipinski definition) is 1. The van der Waals surface area contributed by atoms with Crippen LogP contribution in [-0.2, 0) is 4.79 Å². The Morgan fingerprint density at radius 2 is 1.90 bits per heavy atom. The summed E-state index contributed by atoms with van der Waals surface area (Å²) in [4.78, 5) is 36.4. The molecule has 0 atom stereocenters. The summed E-state index contributed by atoms with van der Waals surface area (Å²) in [6.07, 6.45) is 2.99. The lowest BCUT2D eigenvalue weighted by molar-refractivity contribution is -0.130. The number of carbonyl (C=O) groups is 2. The lowest BCUT2D eigenvalue weighted by Crippen LogP contribution is -2.40. The number of aromatic nitrogens is 1. The highest BCUT2D eigenvalue weighted by Gasteiger charge is 2.24. The molecule has 20 heavy (non-hydrogen) atoms. The number of rotatable bonds is 2. The Balaban J connectivity index is 2.27. The van der Waals surface area contributed by atoms with Crippen LogP contribution in [0, 0.1) is 6.92 Å². The highest BCUT2D eigenvalue weighted by molar-refractivity contribution is 5.88. The molecule has 0 bridgehead atoms. The molecule has 0 saturated carbocycles. The van der Waals surface area contributed by atoms with Gasteiger partial charge < -0.3 is 14.6 Å². The first-order valence-electron chi connectivity index (χ1n) is 6.62. The van der Waals surface area contributed by atoms with Crippen LogP contribution in [0.4, 0.5) is 0 Å². The SMILES string of the molecule is CC(=O)N1CCC(n2ccc(C)c(C(=O)O)c2=O)CC1. The van der Waals surface area contributed by atoms with E-state index in [0.717, 1.165) is 0 Å². The number of likely N-dealkylation sites (tertiary alicyclic amines) is 1. The molecule has 0 radical (unpaired) electrons. The molecule has 1 aliphatic rings. The Labute approximate surface area is 116 Å². The van der Waals surface area contributed by atoms with Crippen molar-refractivity contribution in [1.29, 1.82) is 0 Å². The van der Waals surface area contributed by atoms with Gasteiger partial charge in [0.05, 0.1) is 0 Å². The maximum absolute atomic E-state index is 12.2. The third kappa shape index (κ3) is 2.59. The third-order valence-corrected chi connectivity index (χ3v) is 3.84. The summed E-state index contributed by atoms with van der Waals surface area (Å²) < 4.78 is 1.49. The van der Waals surface area contributed by atoms with Crippen LogP contribution in [0.3, 0.4) is 0 Å². The molecule has 1 amide bonds. The monoisotopic (exact) mass is 278 g/mol. The van der Waals surface area contributed by atoms with Gasteiger partial charge in [0.1, 0.15) is 5.56 Å². The fourth-order valence-corrected chi connectivity index (χ4v) is 2.65. The van der Waals surface area contributed by atoms with Gasteiger partial charge in [-0.05, 0) is 31.4 Å². The number of carboxylic acids is 1. The number of aromatic carboxylic acids is 1. The van der Waals surface area contributed by atoms with Crippen LogP contribution in [0.1, 0.15) is 41.7 Å². The van der Waals surface area contributed by atoms with Crippen molar-refractivity contribution in [2.24, 2.45) is 0 Å². The van der Waals surface area contributed by atoms with Gasteiger partial charge in [0.25, 0.3) is 5.56 Å². The average molecular weight is 278 g/mol. The zero-order valence-corrected chi connectivity index (χ0v) is 11.6. The number of hydrogen-bond acceptors (Lipinski definition) is 3. The lowest BCUT2D eigenvalue weighted by Gasteiger charge is -2.32. The molecule has 1 saturated heterocycles. The summed E-state index contributed by atoms with van der Waals surface area (Å²) in [5.74, 6) is -1.16. The molecule has 6 heteroatoms. The zero-order chi connectivity index (χ0) is 14.9. The Bertz CT molecular complexity index is 598. The second-order valence-corrected chi connectivity index (χ2v) is 5.13. The average Bonchev–Trinajstić information content (AvgIpc) is 2.38. The van der Waals surface area contributed by atoms with Crippen LogP contribution in [0.2, 0.25) is 0 Å². The predicted octanol–water partition coefficient (Wildman–Crippen LogP) is 1.04. The first kappa shape index (κ1) is 14.3. The largest absolute Gasteiger partial charge is 0.477 e. The molecule has 6 nitrogen and oxygen atoms in total. The van der Waals surface area contributed by atoms with Gasteiger partial charge in [-0.15, -0.1) is 0 Å². The number of pyridine rings is 1. The molecule has 1 fully saturated rings. The first-order valence-corrected chi connectivity index (χ1v) is 6.62. The van der Waals surface area contributed by atoms with Gasteiger partial charge in [0.15, 0.2) is 0 Å². The standard InChI is InChI=1S/C14H18N2O4/c1-9-3-8-16(13(18)12(9)14(19)20)11-4-6-15(7-5-11)10(2)17/h3,8,11H,4-7H2,1-2H3,(H,19,20). The van der Waals surface area contributed by atoms with Crippen LogP contribution >= 0.6 is 0 Å². The number of carbonyl (C=O) groups excluding carboxylic acids is 1. The molecule has 0 spiro atoms. The van der Waals surface area contributed by atoms with Gasteiger partial charge in [-0.25, -0.2) is 4.79 Å². The highest BCUT2D eigenvalue weighted by atomic mass is 16.4. The molecule has 1 aliphatic heterocycles. The fraction of sp³-hybridized carbons (Fsp3) is 0.500. The summed E-state index contributed by atoms with van der Waals surface area (Å²) in [7, 11) is 0. The molecule has 0 aliphatic carbocycles. The number of carboxylic acid groups (broad SMARTS) is 1. The zero-order valence-electron chi connectivity index (χ0n) is 11.6. The van der Waals surface area contributed by atoms with E-state index in [4.69, 9.17) is 5.11 Å². The molecule has 1 aromatic heterocycles. The van der Waals surface area contributed by atoms with E-state index >= 15 is 0 Å². The summed E-state index contributed by atoms with van der Waals surface area (Å²) in [6, 6.07) is 1.61. The molecule has 2 heterocycles. The molecular formula is C14H18N2O4. The van der Waals surface area contributed by atoms with Crippen LogP contribution < -0.4 is 5.56 Å². The smallest absolute Gasteiger partial charge is 0.341 e. The quantitative estimate of drug-likeness (QED) is 0.876. The summed E-state index contributed by atoms with van der Waals surface area (Å²) in [5, 5.41) is 9.12. The van der Waals surface area contributed by atoms with E-state index in [1.165, 1.54) is 11.5 Å². The second kappa shape index (κ2) is 5.48. The normalized spacial score (nSPS) is 16.2. The molecular weight excluding hydrogens is 260 g/mol. The van der Waals surface area contributed by atoms with Crippen LogP contribution in [-0.4, -0.2) is 39.5 Å². The minimum atomic E-state index is -1.19. The van der Waals surface area contributed by atoms with E-state index in [1.54, 1.807) is 24.1 Å². The van der Waals surface area contributed by atoms with Crippen molar-refractivity contribution in [2.75, 3.05) is 13.1 Å². The minimum absolute atomic E-state index is 0.0333. The van der Waals surface area contributed by atoms with Crippen LogP contribution in [0.25, 0.3) is 0 Å². The summed E-state index contributed by atoms with van der Waals surface area (Å²) >= 11 is 0. The number of aryl methyl sites for hydroxylation is 1. The topological polar surface area (TPSA) is 79.6 Å². The van der Waals surface area contributed by atoms with E-state index < -0.39 is 11.5 Å². The van der Waals surface area contributed by atoms with E-state index in [-0.39, 0.29) is 17.5 Å². The Hall–Kier alpha value is -2.11. The molecule has 0 unspecified atom stereocenters. The van der Waals surface area contributed by atoms with Gasteiger partial charge in [0, 0.05) is 32.3 Å². The summed E-state index contributed by atoms with van der Waals surface area (Å²) in [5.41, 5.74) is -0.153. The number of amides is 1. The number of piperidine rings is 1. The van der Waals surface area contributed by atoms with Gasteiger partial charge in [-0.3, -0.25) is 9.59 Å². The van der Waals surface area contributed by atoms with Crippen LogP contribution in [0.5, 0.6) is 0 Å². The van der Waals surface area contributed by atoms with Crippen molar-refractivity contribution in [1.82, 2.24) is 9.47 Å². The van der Waals surface area contributed by atoms with Crippen molar-refractivity contribution in [3.05, 3.63) is 33.7 Å². The molecule has 108 valence electrons. The van der Waals surface area contributed by atoms with Crippen molar-refractivity contribution in [3.63, 3.8) is 0 Å². The number of nitrogens with zero attached hydrogens (tertiary/aromatic N) is 2. The van der Waals surface area contributed by atoms with E-state index in [9.17, 15) is 14.4 Å². The molecule has 1 aromatic rings. The van der Waals surface area contributed by atoms with E-state index in [1.807, 2.05) is 0 Å². The first-order chi connectivity index (χ1) is 9.41. The van der Waals surface area contributed by atoms with Crippen molar-refractivity contribution in [3.8, 4) is 0 Å². The van der Waals surface area contributed by atoms with Crippen molar-refractivity contribution >= 4 is 11.9 Å².